The number of aromatic nitrogens is 2. The van der Waals surface area contributed by atoms with Gasteiger partial charge in [0.25, 0.3) is 5.89 Å². The number of nitrogens with zero attached hydrogens (tertiary/aromatic N) is 2. The van der Waals surface area contributed by atoms with Crippen molar-refractivity contribution >= 4 is 29.9 Å². The zero-order valence-electron chi connectivity index (χ0n) is 12.1. The predicted molar refractivity (Wildman–Crippen MR) is 86.8 cm³/mol. The lowest BCUT2D eigenvalue weighted by atomic mass is 10.2. The summed E-state index contributed by atoms with van der Waals surface area (Å²) in [5.74, 6) is 0.747. The quantitative estimate of drug-likeness (QED) is 0.840. The van der Waals surface area contributed by atoms with Gasteiger partial charge in [0.1, 0.15) is 0 Å². The highest BCUT2D eigenvalue weighted by Gasteiger charge is 2.16. The summed E-state index contributed by atoms with van der Waals surface area (Å²) in [4.78, 5) is 15.9. The number of carbonyl (C=O) groups is 1. The Balaban J connectivity index is 0.00000242. The van der Waals surface area contributed by atoms with Gasteiger partial charge in [-0.25, -0.2) is 0 Å². The molecule has 120 valence electrons. The maximum atomic E-state index is 11.6. The Morgan fingerprint density at radius 3 is 2.73 bits per heavy atom. The first-order valence-corrected chi connectivity index (χ1v) is 7.07. The monoisotopic (exact) mass is 344 g/mol. The molecule has 0 saturated heterocycles. The van der Waals surface area contributed by atoms with Gasteiger partial charge in [-0.1, -0.05) is 16.8 Å². The molecule has 1 amide bonds. The van der Waals surface area contributed by atoms with Crippen LogP contribution in [0.15, 0.2) is 28.8 Å². The summed E-state index contributed by atoms with van der Waals surface area (Å²) in [6, 6.07) is 6.77. The lowest BCUT2D eigenvalue weighted by Gasteiger charge is -2.09. The van der Waals surface area contributed by atoms with E-state index in [0.717, 1.165) is 5.56 Å². The molecule has 1 aromatic carbocycles. The number of benzene rings is 1. The molecular formula is C14H18Cl2N4O2. The summed E-state index contributed by atoms with van der Waals surface area (Å²) >= 11 is 5.83. The molecule has 1 aromatic heterocycles. The maximum absolute atomic E-state index is 11.6. The van der Waals surface area contributed by atoms with E-state index in [-0.39, 0.29) is 24.4 Å². The van der Waals surface area contributed by atoms with Gasteiger partial charge >= 0.3 is 0 Å². The molecule has 0 bridgehead atoms. The van der Waals surface area contributed by atoms with Crippen LogP contribution in [0, 0.1) is 0 Å². The number of halogens is 2. The van der Waals surface area contributed by atoms with Gasteiger partial charge in [-0.3, -0.25) is 4.79 Å². The van der Waals surface area contributed by atoms with Gasteiger partial charge in [-0.15, -0.1) is 12.4 Å². The second-order valence-electron chi connectivity index (χ2n) is 4.65. The fraction of sp³-hybridized carbons (Fsp3) is 0.357. The molecule has 0 saturated carbocycles. The molecule has 0 aliphatic rings. The highest BCUT2D eigenvalue weighted by molar-refractivity contribution is 6.30. The molecule has 0 fully saturated rings. The Kier molecular flexibility index (Phi) is 7.31. The number of hydrogen-bond donors (Lipinski definition) is 2. The number of nitrogens with two attached hydrogens (primary N) is 1. The number of nitrogens with one attached hydrogen (secondary N) is 1. The van der Waals surface area contributed by atoms with Crippen molar-refractivity contribution < 1.29 is 9.32 Å². The zero-order chi connectivity index (χ0) is 15.2. The van der Waals surface area contributed by atoms with E-state index in [4.69, 9.17) is 21.9 Å². The first kappa shape index (κ1) is 18.4. The van der Waals surface area contributed by atoms with Crippen LogP contribution in [0.2, 0.25) is 5.02 Å². The van der Waals surface area contributed by atoms with Crippen molar-refractivity contribution in [2.45, 2.75) is 25.8 Å². The Bertz CT molecular complexity index is 601. The molecular weight excluding hydrogens is 327 g/mol. The van der Waals surface area contributed by atoms with Crippen LogP contribution in [0.4, 0.5) is 0 Å². The number of amides is 1. The fourth-order valence-corrected chi connectivity index (χ4v) is 1.89. The first-order chi connectivity index (χ1) is 10.1. The number of hydrogen-bond acceptors (Lipinski definition) is 5. The Labute approximate surface area is 139 Å². The van der Waals surface area contributed by atoms with Crippen molar-refractivity contribution in [3.63, 3.8) is 0 Å². The van der Waals surface area contributed by atoms with E-state index in [2.05, 4.69) is 15.5 Å². The second-order valence-corrected chi connectivity index (χ2v) is 5.08. The van der Waals surface area contributed by atoms with E-state index in [0.29, 0.717) is 36.1 Å². The van der Waals surface area contributed by atoms with E-state index < -0.39 is 0 Å². The van der Waals surface area contributed by atoms with E-state index in [9.17, 15) is 4.79 Å². The highest BCUT2D eigenvalue weighted by Crippen LogP contribution is 2.21. The molecule has 1 atom stereocenters. The third kappa shape index (κ3) is 4.98. The molecule has 0 aliphatic carbocycles. The zero-order valence-corrected chi connectivity index (χ0v) is 13.7. The predicted octanol–water partition coefficient (Wildman–Crippen LogP) is 2.73. The molecule has 22 heavy (non-hydrogen) atoms. The van der Waals surface area contributed by atoms with Crippen molar-refractivity contribution in [2.24, 2.45) is 5.73 Å². The molecule has 1 unspecified atom stereocenters. The molecule has 1 heterocycles. The summed E-state index contributed by atoms with van der Waals surface area (Å²) in [5.41, 5.74) is 6.15. The maximum Gasteiger partial charge on any atom is 0.257 e. The van der Waals surface area contributed by atoms with Gasteiger partial charge in [-0.05, 0) is 44.2 Å². The Hall–Kier alpha value is -1.63. The molecule has 6 nitrogen and oxygen atoms in total. The minimum Gasteiger partial charge on any atom is -0.346 e. The molecule has 0 radical (unpaired) electrons. The lowest BCUT2D eigenvalue weighted by Crippen LogP contribution is -2.27. The molecule has 0 spiro atoms. The molecule has 2 aromatic rings. The molecule has 3 N–H and O–H groups in total. The summed E-state index contributed by atoms with van der Waals surface area (Å²) in [6.45, 7) is 2.29. The standard InChI is InChI=1S/C14H17ClN4O2.ClH/c1-9(17-12(20)3-2-8-16)13-18-14(21-19-13)10-4-6-11(15)7-5-10;/h4-7,9H,2-3,8,16H2,1H3,(H,17,20);1H. The molecule has 0 aliphatic heterocycles. The molecule has 2 rings (SSSR count). The van der Waals surface area contributed by atoms with Crippen LogP contribution in [-0.2, 0) is 4.79 Å². The van der Waals surface area contributed by atoms with Crippen molar-refractivity contribution in [1.29, 1.82) is 0 Å². The summed E-state index contributed by atoms with van der Waals surface area (Å²) in [6.07, 6.45) is 1.05. The molecule has 8 heteroatoms. The van der Waals surface area contributed by atoms with Gasteiger partial charge in [0.15, 0.2) is 5.82 Å². The van der Waals surface area contributed by atoms with Gasteiger partial charge in [-0.2, -0.15) is 4.98 Å². The van der Waals surface area contributed by atoms with Gasteiger partial charge in [0.2, 0.25) is 5.91 Å². The van der Waals surface area contributed by atoms with E-state index >= 15 is 0 Å². The number of rotatable bonds is 6. The van der Waals surface area contributed by atoms with Crippen LogP contribution in [0.5, 0.6) is 0 Å². The van der Waals surface area contributed by atoms with E-state index in [1.54, 1.807) is 31.2 Å². The second kappa shape index (κ2) is 8.73. The van der Waals surface area contributed by atoms with Gasteiger partial charge < -0.3 is 15.6 Å². The lowest BCUT2D eigenvalue weighted by molar-refractivity contribution is -0.121. The first-order valence-electron chi connectivity index (χ1n) is 6.69. The SMILES string of the molecule is CC(NC(=O)CCCN)c1noc(-c2ccc(Cl)cc2)n1.Cl. The minimum absolute atomic E-state index is 0. The van der Waals surface area contributed by atoms with Crippen LogP contribution >= 0.6 is 24.0 Å². The van der Waals surface area contributed by atoms with Crippen LogP contribution in [-0.4, -0.2) is 22.6 Å². The van der Waals surface area contributed by atoms with Crippen molar-refractivity contribution in [3.05, 3.63) is 35.1 Å². The third-order valence-corrected chi connectivity index (χ3v) is 3.16. The summed E-state index contributed by atoms with van der Waals surface area (Å²) in [7, 11) is 0. The van der Waals surface area contributed by atoms with Crippen molar-refractivity contribution in [3.8, 4) is 11.5 Å². The normalized spacial score (nSPS) is 11.6. The van der Waals surface area contributed by atoms with Crippen LogP contribution in [0.1, 0.15) is 31.6 Å². The number of carbonyl (C=O) groups excluding carboxylic acids is 1. The van der Waals surface area contributed by atoms with Crippen LogP contribution < -0.4 is 11.1 Å². The smallest absolute Gasteiger partial charge is 0.257 e. The third-order valence-electron chi connectivity index (χ3n) is 2.91. The average molecular weight is 345 g/mol. The van der Waals surface area contributed by atoms with Crippen molar-refractivity contribution in [2.75, 3.05) is 6.54 Å². The average Bonchev–Trinajstić information content (AvgIpc) is 2.96. The highest BCUT2D eigenvalue weighted by atomic mass is 35.5. The van der Waals surface area contributed by atoms with E-state index in [1.807, 2.05) is 0 Å². The van der Waals surface area contributed by atoms with Gasteiger partial charge in [0, 0.05) is 17.0 Å². The van der Waals surface area contributed by atoms with Gasteiger partial charge in [0.05, 0.1) is 6.04 Å². The van der Waals surface area contributed by atoms with Crippen LogP contribution in [0.3, 0.4) is 0 Å². The topological polar surface area (TPSA) is 94.0 Å². The van der Waals surface area contributed by atoms with Crippen LogP contribution in [0.25, 0.3) is 11.5 Å². The Morgan fingerprint density at radius 2 is 2.09 bits per heavy atom. The minimum atomic E-state index is -0.319. The Morgan fingerprint density at radius 1 is 1.41 bits per heavy atom. The summed E-state index contributed by atoms with van der Waals surface area (Å²) < 4.78 is 5.20. The fourth-order valence-electron chi connectivity index (χ4n) is 1.76. The largest absolute Gasteiger partial charge is 0.346 e. The summed E-state index contributed by atoms with van der Waals surface area (Å²) in [5, 5.41) is 7.33. The van der Waals surface area contributed by atoms with E-state index in [1.165, 1.54) is 0 Å². The van der Waals surface area contributed by atoms with Crippen molar-refractivity contribution in [1.82, 2.24) is 15.5 Å².